The number of carboxylic acids is 1. The summed E-state index contributed by atoms with van der Waals surface area (Å²) in [6.45, 7) is 2.42. The van der Waals surface area contributed by atoms with Crippen molar-refractivity contribution >= 4 is 22.8 Å². The molecule has 6 nitrogen and oxygen atoms in total. The van der Waals surface area contributed by atoms with E-state index in [1.807, 2.05) is 0 Å². The number of methoxy groups -OCH3 is 1. The third kappa shape index (κ3) is 3.48. The summed E-state index contributed by atoms with van der Waals surface area (Å²) in [7, 11) is 1.58. The fourth-order valence-electron chi connectivity index (χ4n) is 1.77. The van der Waals surface area contributed by atoms with E-state index in [9.17, 15) is 9.90 Å². The normalized spacial score (nSPS) is 21.1. The first kappa shape index (κ1) is 15.7. The van der Waals surface area contributed by atoms with Gasteiger partial charge in [0, 0.05) is 24.5 Å². The van der Waals surface area contributed by atoms with Gasteiger partial charge in [0.25, 0.3) is 0 Å². The van der Waals surface area contributed by atoms with Crippen LogP contribution in [-0.2, 0) is 9.53 Å². The van der Waals surface area contributed by atoms with Crippen LogP contribution in [-0.4, -0.2) is 52.8 Å². The Hall–Kier alpha value is -1.73. The standard InChI is InChI=1S/C14H17NO5S/c1-14(13(17)18)8-21-12(15-14)10-4-3-9(7-11(10)16)20-6-5-19-2/h3-4,7,16H,5-6,8H2,1-2H3,(H,17,18)/t14-/m1/s1. The summed E-state index contributed by atoms with van der Waals surface area (Å²) in [5.41, 5.74) is -0.621. The molecule has 0 saturated heterocycles. The maximum Gasteiger partial charge on any atom is 0.332 e. The smallest absolute Gasteiger partial charge is 0.332 e. The highest BCUT2D eigenvalue weighted by molar-refractivity contribution is 8.14. The second-order valence-electron chi connectivity index (χ2n) is 4.80. The Labute approximate surface area is 126 Å². The molecule has 1 aromatic rings. The number of ether oxygens (including phenoxy) is 2. The Morgan fingerprint density at radius 2 is 2.24 bits per heavy atom. The minimum Gasteiger partial charge on any atom is -0.507 e. The molecule has 2 N–H and O–H groups in total. The molecule has 0 aliphatic carbocycles. The zero-order valence-electron chi connectivity index (χ0n) is 11.8. The highest BCUT2D eigenvalue weighted by Gasteiger charge is 2.38. The molecule has 0 amide bonds. The fraction of sp³-hybridized carbons (Fsp3) is 0.429. The van der Waals surface area contributed by atoms with E-state index in [-0.39, 0.29) is 5.75 Å². The molecule has 114 valence electrons. The van der Waals surface area contributed by atoms with Gasteiger partial charge in [0.15, 0.2) is 5.54 Å². The lowest BCUT2D eigenvalue weighted by molar-refractivity contribution is -0.141. The first-order valence-corrected chi connectivity index (χ1v) is 7.36. The third-order valence-electron chi connectivity index (χ3n) is 3.05. The summed E-state index contributed by atoms with van der Waals surface area (Å²) in [5, 5.41) is 19.7. The second-order valence-corrected chi connectivity index (χ2v) is 5.77. The van der Waals surface area contributed by atoms with Crippen LogP contribution in [0.1, 0.15) is 12.5 Å². The maximum atomic E-state index is 11.2. The molecule has 0 radical (unpaired) electrons. The maximum absolute atomic E-state index is 11.2. The molecule has 21 heavy (non-hydrogen) atoms. The average molecular weight is 311 g/mol. The molecule has 0 bridgehead atoms. The number of benzene rings is 1. The Morgan fingerprint density at radius 3 is 2.81 bits per heavy atom. The zero-order valence-corrected chi connectivity index (χ0v) is 12.6. The van der Waals surface area contributed by atoms with Crippen molar-refractivity contribution in [3.63, 3.8) is 0 Å². The van der Waals surface area contributed by atoms with Crippen molar-refractivity contribution in [2.24, 2.45) is 4.99 Å². The highest BCUT2D eigenvalue weighted by Crippen LogP contribution is 2.35. The van der Waals surface area contributed by atoms with Gasteiger partial charge in [-0.05, 0) is 19.1 Å². The van der Waals surface area contributed by atoms with Crippen molar-refractivity contribution < 1.29 is 24.5 Å². The molecular formula is C14H17NO5S. The van der Waals surface area contributed by atoms with Gasteiger partial charge in [0.1, 0.15) is 23.1 Å². The van der Waals surface area contributed by atoms with E-state index in [0.717, 1.165) is 0 Å². The largest absolute Gasteiger partial charge is 0.507 e. The van der Waals surface area contributed by atoms with Gasteiger partial charge in [0.05, 0.1) is 6.61 Å². The quantitative estimate of drug-likeness (QED) is 0.778. The second kappa shape index (κ2) is 6.36. The van der Waals surface area contributed by atoms with Gasteiger partial charge in [0.2, 0.25) is 0 Å². The number of thioether (sulfide) groups is 1. The minimum atomic E-state index is -1.14. The van der Waals surface area contributed by atoms with E-state index >= 15 is 0 Å². The minimum absolute atomic E-state index is 0.0193. The van der Waals surface area contributed by atoms with Crippen LogP contribution >= 0.6 is 11.8 Å². The molecule has 0 unspecified atom stereocenters. The van der Waals surface area contributed by atoms with Crippen LogP contribution in [0.3, 0.4) is 0 Å². The number of hydrogen-bond acceptors (Lipinski definition) is 6. The van der Waals surface area contributed by atoms with Crippen molar-refractivity contribution in [2.75, 3.05) is 26.1 Å². The number of aliphatic carboxylic acids is 1. The van der Waals surface area contributed by atoms with Crippen LogP contribution in [0.15, 0.2) is 23.2 Å². The van der Waals surface area contributed by atoms with Gasteiger partial charge < -0.3 is 19.7 Å². The van der Waals surface area contributed by atoms with Crippen LogP contribution in [0.25, 0.3) is 0 Å². The Bertz CT molecular complexity index is 574. The summed E-state index contributed by atoms with van der Waals surface area (Å²) in [5.74, 6) is -0.0730. The molecule has 1 aromatic carbocycles. The van der Waals surface area contributed by atoms with Crippen LogP contribution < -0.4 is 4.74 Å². The lowest BCUT2D eigenvalue weighted by Crippen LogP contribution is -2.33. The molecule has 1 atom stereocenters. The van der Waals surface area contributed by atoms with Crippen molar-refractivity contribution in [2.45, 2.75) is 12.5 Å². The first-order valence-electron chi connectivity index (χ1n) is 6.37. The number of carboxylic acid groups (broad SMARTS) is 1. The lowest BCUT2D eigenvalue weighted by Gasteiger charge is -2.11. The summed E-state index contributed by atoms with van der Waals surface area (Å²) in [4.78, 5) is 15.4. The first-order chi connectivity index (χ1) is 9.96. The van der Waals surface area contributed by atoms with Crippen molar-refractivity contribution in [3.05, 3.63) is 23.8 Å². The molecule has 0 saturated carbocycles. The fourth-order valence-corrected chi connectivity index (χ4v) is 2.97. The van der Waals surface area contributed by atoms with Crippen molar-refractivity contribution in [3.8, 4) is 11.5 Å². The van der Waals surface area contributed by atoms with Crippen molar-refractivity contribution in [1.82, 2.24) is 0 Å². The predicted molar refractivity (Wildman–Crippen MR) is 80.5 cm³/mol. The van der Waals surface area contributed by atoms with Gasteiger partial charge >= 0.3 is 5.97 Å². The number of nitrogens with zero attached hydrogens (tertiary/aromatic N) is 1. The summed E-state index contributed by atoms with van der Waals surface area (Å²) >= 11 is 1.32. The number of phenolic OH excluding ortho intramolecular Hbond substituents is 1. The zero-order chi connectivity index (χ0) is 15.5. The van der Waals surface area contributed by atoms with Gasteiger partial charge in [-0.15, -0.1) is 11.8 Å². The number of rotatable bonds is 6. The average Bonchev–Trinajstić information content (AvgIpc) is 2.83. The number of phenols is 1. The Kier molecular flexibility index (Phi) is 4.74. The van der Waals surface area contributed by atoms with E-state index < -0.39 is 11.5 Å². The number of hydrogen-bond donors (Lipinski definition) is 2. The summed E-state index contributed by atoms with van der Waals surface area (Å²) < 4.78 is 10.3. The van der Waals surface area contributed by atoms with Crippen molar-refractivity contribution in [1.29, 1.82) is 0 Å². The number of aliphatic imine (C=N–C) groups is 1. The Balaban J connectivity index is 2.17. The van der Waals surface area contributed by atoms with Crippen LogP contribution in [0.4, 0.5) is 0 Å². The topological polar surface area (TPSA) is 88.4 Å². The van der Waals surface area contributed by atoms with Crippen LogP contribution in [0.2, 0.25) is 0 Å². The predicted octanol–water partition coefficient (Wildman–Crippen LogP) is 1.75. The molecule has 0 spiro atoms. The van der Waals surface area contributed by atoms with Gasteiger partial charge in [-0.25, -0.2) is 4.79 Å². The molecular weight excluding hydrogens is 294 g/mol. The third-order valence-corrected chi connectivity index (χ3v) is 4.35. The Morgan fingerprint density at radius 1 is 1.48 bits per heavy atom. The lowest BCUT2D eigenvalue weighted by atomic mass is 10.1. The molecule has 2 rings (SSSR count). The summed E-state index contributed by atoms with van der Waals surface area (Å²) in [6, 6.07) is 4.88. The van der Waals surface area contributed by atoms with Gasteiger partial charge in [-0.2, -0.15) is 0 Å². The van der Waals surface area contributed by atoms with Crippen LogP contribution in [0, 0.1) is 0 Å². The monoisotopic (exact) mass is 311 g/mol. The van der Waals surface area contributed by atoms with E-state index in [4.69, 9.17) is 14.6 Å². The van der Waals surface area contributed by atoms with E-state index in [2.05, 4.69) is 4.99 Å². The molecule has 0 aromatic heterocycles. The SMILES string of the molecule is COCCOc1ccc(C2=N[C@@](C)(C(=O)O)CS2)c(O)c1. The molecule has 1 aliphatic rings. The number of carbonyl (C=O) groups is 1. The van der Waals surface area contributed by atoms with E-state index in [1.54, 1.807) is 26.2 Å². The van der Waals surface area contributed by atoms with Gasteiger partial charge in [-0.3, -0.25) is 4.99 Å². The molecule has 1 aliphatic heterocycles. The molecule has 0 fully saturated rings. The molecule has 1 heterocycles. The van der Waals surface area contributed by atoms with E-state index in [1.165, 1.54) is 17.8 Å². The highest BCUT2D eigenvalue weighted by atomic mass is 32.2. The van der Waals surface area contributed by atoms with Crippen LogP contribution in [0.5, 0.6) is 11.5 Å². The van der Waals surface area contributed by atoms with Gasteiger partial charge in [-0.1, -0.05) is 0 Å². The number of aromatic hydroxyl groups is 1. The molecule has 7 heteroatoms. The summed E-state index contributed by atoms with van der Waals surface area (Å²) in [6.07, 6.45) is 0. The van der Waals surface area contributed by atoms with E-state index in [0.29, 0.717) is 35.3 Å².